The Balaban J connectivity index is 2.83. The lowest BCUT2D eigenvalue weighted by Gasteiger charge is -2.02. The Hall–Kier alpha value is 0.350. The average molecular weight is 244 g/mol. The number of hydrogen-bond acceptors (Lipinski definition) is 1. The van der Waals surface area contributed by atoms with Crippen LogP contribution in [0.25, 0.3) is 0 Å². The predicted molar refractivity (Wildman–Crippen MR) is 79.5 cm³/mol. The maximum Gasteiger partial charge on any atom is -0.00675 e. The first-order chi connectivity index (χ1) is 7.91. The highest BCUT2D eigenvalue weighted by molar-refractivity contribution is 7.99. The molecule has 0 heterocycles. The molecule has 0 fully saturated rings. The molecule has 0 aliphatic carbocycles. The molecule has 0 aliphatic heterocycles. The summed E-state index contributed by atoms with van der Waals surface area (Å²) in [7, 11) is 0. The Morgan fingerprint density at radius 3 is 1.50 bits per heavy atom. The van der Waals surface area contributed by atoms with Crippen LogP contribution in [0, 0.1) is 0 Å². The van der Waals surface area contributed by atoms with Crippen LogP contribution in [0.3, 0.4) is 0 Å². The van der Waals surface area contributed by atoms with Crippen LogP contribution >= 0.6 is 11.8 Å². The maximum absolute atomic E-state index is 2.29. The molecule has 0 N–H and O–H groups in total. The van der Waals surface area contributed by atoms with Crippen LogP contribution < -0.4 is 0 Å². The highest BCUT2D eigenvalue weighted by Gasteiger charge is 1.92. The average Bonchev–Trinajstić information content (AvgIpc) is 2.31. The van der Waals surface area contributed by atoms with Crippen molar-refractivity contribution in [2.24, 2.45) is 0 Å². The standard InChI is InChI=1S/C15H32S/c1-3-5-6-7-8-9-10-11-12-13-15-16-14-4-2/h3-15H2,1-2H3. The van der Waals surface area contributed by atoms with E-state index in [9.17, 15) is 0 Å². The van der Waals surface area contributed by atoms with Gasteiger partial charge in [0, 0.05) is 0 Å². The minimum absolute atomic E-state index is 1.34. The maximum atomic E-state index is 2.29. The zero-order chi connectivity index (χ0) is 11.9. The fraction of sp³-hybridized carbons (Fsp3) is 1.00. The monoisotopic (exact) mass is 244 g/mol. The van der Waals surface area contributed by atoms with Gasteiger partial charge in [-0.1, -0.05) is 71.6 Å². The van der Waals surface area contributed by atoms with Gasteiger partial charge in [0.05, 0.1) is 0 Å². The van der Waals surface area contributed by atoms with Crippen molar-refractivity contribution < 1.29 is 0 Å². The summed E-state index contributed by atoms with van der Waals surface area (Å²) in [6.45, 7) is 4.56. The van der Waals surface area contributed by atoms with Crippen LogP contribution in [-0.4, -0.2) is 11.5 Å². The second kappa shape index (κ2) is 15.4. The molecule has 16 heavy (non-hydrogen) atoms. The van der Waals surface area contributed by atoms with Gasteiger partial charge in [0.25, 0.3) is 0 Å². The molecule has 0 aromatic rings. The van der Waals surface area contributed by atoms with Gasteiger partial charge in [0.2, 0.25) is 0 Å². The summed E-state index contributed by atoms with van der Waals surface area (Å²) in [5.41, 5.74) is 0. The Bertz CT molecular complexity index is 98.0. The van der Waals surface area contributed by atoms with Crippen molar-refractivity contribution in [3.05, 3.63) is 0 Å². The summed E-state index contributed by atoms with van der Waals surface area (Å²) in [6.07, 6.45) is 15.9. The molecule has 0 unspecified atom stereocenters. The van der Waals surface area contributed by atoms with Gasteiger partial charge in [-0.3, -0.25) is 0 Å². The van der Waals surface area contributed by atoms with Crippen LogP contribution in [0.5, 0.6) is 0 Å². The zero-order valence-corrected chi connectivity index (χ0v) is 12.4. The van der Waals surface area contributed by atoms with Crippen molar-refractivity contribution in [3.8, 4) is 0 Å². The Morgan fingerprint density at radius 2 is 1.00 bits per heavy atom. The summed E-state index contributed by atoms with van der Waals surface area (Å²) in [6, 6.07) is 0. The second-order valence-corrected chi connectivity index (χ2v) is 6.02. The summed E-state index contributed by atoms with van der Waals surface area (Å²) in [4.78, 5) is 0. The van der Waals surface area contributed by atoms with E-state index in [-0.39, 0.29) is 0 Å². The Labute approximate surface area is 108 Å². The molecule has 98 valence electrons. The van der Waals surface area contributed by atoms with Crippen LogP contribution in [-0.2, 0) is 0 Å². The van der Waals surface area contributed by atoms with E-state index in [1.54, 1.807) is 0 Å². The van der Waals surface area contributed by atoms with Gasteiger partial charge in [-0.25, -0.2) is 0 Å². The molecule has 0 aromatic carbocycles. The molecule has 0 nitrogen and oxygen atoms in total. The largest absolute Gasteiger partial charge is 0.162 e. The summed E-state index contributed by atoms with van der Waals surface area (Å²) in [5.74, 6) is 2.75. The fourth-order valence-corrected chi connectivity index (χ4v) is 2.84. The molecule has 0 aliphatic rings. The van der Waals surface area contributed by atoms with Gasteiger partial charge in [-0.05, 0) is 24.3 Å². The Morgan fingerprint density at radius 1 is 0.500 bits per heavy atom. The molecule has 0 aromatic heterocycles. The molecule has 0 bridgehead atoms. The van der Waals surface area contributed by atoms with E-state index >= 15 is 0 Å². The lowest BCUT2D eigenvalue weighted by molar-refractivity contribution is 0.563. The van der Waals surface area contributed by atoms with Crippen LogP contribution in [0.2, 0.25) is 0 Å². The van der Waals surface area contributed by atoms with E-state index in [2.05, 4.69) is 25.6 Å². The number of rotatable bonds is 13. The normalized spacial score (nSPS) is 10.9. The fourth-order valence-electron chi connectivity index (χ4n) is 1.94. The number of thioether (sulfide) groups is 1. The molecule has 0 rings (SSSR count). The van der Waals surface area contributed by atoms with E-state index in [0.29, 0.717) is 0 Å². The molecule has 0 spiro atoms. The van der Waals surface area contributed by atoms with Gasteiger partial charge >= 0.3 is 0 Å². The van der Waals surface area contributed by atoms with Gasteiger partial charge in [-0.2, -0.15) is 11.8 Å². The zero-order valence-electron chi connectivity index (χ0n) is 11.6. The topological polar surface area (TPSA) is 0 Å². The lowest BCUT2D eigenvalue weighted by Crippen LogP contribution is -1.84. The molecule has 0 radical (unpaired) electrons. The first-order valence-corrected chi connectivity index (χ1v) is 8.65. The molecule has 1 heteroatoms. The number of hydrogen-bond donors (Lipinski definition) is 0. The third kappa shape index (κ3) is 14.4. The predicted octanol–water partition coefficient (Wildman–Crippen LogP) is 6.05. The molecule has 0 atom stereocenters. The van der Waals surface area contributed by atoms with Crippen molar-refractivity contribution in [2.75, 3.05) is 11.5 Å². The third-order valence-electron chi connectivity index (χ3n) is 2.99. The van der Waals surface area contributed by atoms with Crippen LogP contribution in [0.15, 0.2) is 0 Å². The van der Waals surface area contributed by atoms with Gasteiger partial charge in [0.1, 0.15) is 0 Å². The van der Waals surface area contributed by atoms with Crippen molar-refractivity contribution in [2.45, 2.75) is 84.5 Å². The van der Waals surface area contributed by atoms with Crippen molar-refractivity contribution in [3.63, 3.8) is 0 Å². The highest BCUT2D eigenvalue weighted by atomic mass is 32.2. The van der Waals surface area contributed by atoms with Crippen molar-refractivity contribution in [1.29, 1.82) is 0 Å². The van der Waals surface area contributed by atoms with E-state index in [4.69, 9.17) is 0 Å². The summed E-state index contributed by atoms with van der Waals surface area (Å²) >= 11 is 2.13. The molecular weight excluding hydrogens is 212 g/mol. The molecule has 0 amide bonds. The van der Waals surface area contributed by atoms with E-state index in [1.807, 2.05) is 0 Å². The SMILES string of the molecule is CCCCCCCCCCCCSCCC. The van der Waals surface area contributed by atoms with Gasteiger partial charge < -0.3 is 0 Å². The summed E-state index contributed by atoms with van der Waals surface area (Å²) in [5, 5.41) is 0. The second-order valence-electron chi connectivity index (χ2n) is 4.79. The number of unbranched alkanes of at least 4 members (excludes halogenated alkanes) is 9. The van der Waals surface area contributed by atoms with Crippen molar-refractivity contribution >= 4 is 11.8 Å². The third-order valence-corrected chi connectivity index (χ3v) is 4.26. The first kappa shape index (κ1) is 16.4. The Kier molecular flexibility index (Phi) is 15.7. The van der Waals surface area contributed by atoms with E-state index < -0.39 is 0 Å². The minimum atomic E-state index is 1.34. The summed E-state index contributed by atoms with van der Waals surface area (Å²) < 4.78 is 0. The molecule has 0 saturated heterocycles. The van der Waals surface area contributed by atoms with Crippen molar-refractivity contribution in [1.82, 2.24) is 0 Å². The van der Waals surface area contributed by atoms with Crippen LogP contribution in [0.4, 0.5) is 0 Å². The van der Waals surface area contributed by atoms with E-state index in [1.165, 1.54) is 82.1 Å². The lowest BCUT2D eigenvalue weighted by atomic mass is 10.1. The highest BCUT2D eigenvalue weighted by Crippen LogP contribution is 2.12. The van der Waals surface area contributed by atoms with Crippen LogP contribution in [0.1, 0.15) is 84.5 Å². The quantitative estimate of drug-likeness (QED) is 0.355. The van der Waals surface area contributed by atoms with E-state index in [0.717, 1.165) is 0 Å². The van der Waals surface area contributed by atoms with Gasteiger partial charge in [0.15, 0.2) is 0 Å². The molecule has 0 saturated carbocycles. The minimum Gasteiger partial charge on any atom is -0.162 e. The smallest absolute Gasteiger partial charge is 0.00675 e. The van der Waals surface area contributed by atoms with Gasteiger partial charge in [-0.15, -0.1) is 0 Å². The molecular formula is C15H32S. The first-order valence-electron chi connectivity index (χ1n) is 7.49.